The summed E-state index contributed by atoms with van der Waals surface area (Å²) in [5.74, 6) is -1.25. The van der Waals surface area contributed by atoms with E-state index in [0.29, 0.717) is 18.2 Å². The third kappa shape index (κ3) is 5.23. The van der Waals surface area contributed by atoms with Crippen LogP contribution in [0.25, 0.3) is 0 Å². The van der Waals surface area contributed by atoms with Crippen molar-refractivity contribution < 1.29 is 32.3 Å². The highest BCUT2D eigenvalue weighted by Gasteiger charge is 2.32. The van der Waals surface area contributed by atoms with Gasteiger partial charge in [0.05, 0.1) is 16.8 Å². The normalized spacial score (nSPS) is 11.0. The number of halogens is 4. The van der Waals surface area contributed by atoms with E-state index >= 15 is 0 Å². The van der Waals surface area contributed by atoms with Crippen molar-refractivity contribution in [3.05, 3.63) is 58.7 Å². The minimum atomic E-state index is -4.88. The zero-order valence-corrected chi connectivity index (χ0v) is 14.5. The van der Waals surface area contributed by atoms with Gasteiger partial charge in [-0.2, -0.15) is 17.6 Å². The molecular formula is C17H12F4N2O3S. The molecule has 0 aromatic heterocycles. The maximum absolute atomic E-state index is 12.9. The predicted octanol–water partition coefficient (Wildman–Crippen LogP) is 3.96. The number of thiocarbonyl (C=S) groups is 1. The summed E-state index contributed by atoms with van der Waals surface area (Å²) in [6, 6.07) is 3.88. The number of aryl methyl sites for hydroxylation is 1. The number of nitrogens with one attached hydrogen (secondary N) is 2. The molecule has 0 aliphatic rings. The lowest BCUT2D eigenvalue weighted by atomic mass is 10.0. The zero-order chi connectivity index (χ0) is 20.4. The molecule has 0 saturated heterocycles. The molecule has 27 heavy (non-hydrogen) atoms. The van der Waals surface area contributed by atoms with Crippen LogP contribution >= 0.6 is 12.2 Å². The minimum absolute atomic E-state index is 0.165. The van der Waals surface area contributed by atoms with E-state index in [1.807, 2.05) is 0 Å². The van der Waals surface area contributed by atoms with Crippen LogP contribution in [-0.4, -0.2) is 22.2 Å². The Kier molecular flexibility index (Phi) is 5.79. The van der Waals surface area contributed by atoms with E-state index < -0.39 is 34.8 Å². The van der Waals surface area contributed by atoms with Crippen molar-refractivity contribution in [3.63, 3.8) is 0 Å². The Balaban J connectivity index is 2.24. The smallest absolute Gasteiger partial charge is 0.416 e. The zero-order valence-electron chi connectivity index (χ0n) is 13.6. The number of hydrogen-bond donors (Lipinski definition) is 3. The summed E-state index contributed by atoms with van der Waals surface area (Å²) in [6.07, 6.45) is -4.88. The average molecular weight is 400 g/mol. The first-order chi connectivity index (χ1) is 12.5. The van der Waals surface area contributed by atoms with Gasteiger partial charge in [-0.3, -0.25) is 14.9 Å². The molecule has 0 aliphatic carbocycles. The number of alkyl halides is 3. The number of aromatic hydroxyl groups is 1. The SMILES string of the molecule is Cc1ccc(O)c(NC(=S)NC(=O)c2cc(C(=O)F)cc(C(F)(F)F)c2)c1. The summed E-state index contributed by atoms with van der Waals surface area (Å²) in [7, 11) is 0. The molecule has 3 N–H and O–H groups in total. The van der Waals surface area contributed by atoms with E-state index in [4.69, 9.17) is 12.2 Å². The van der Waals surface area contributed by atoms with Gasteiger partial charge >= 0.3 is 12.2 Å². The molecule has 2 aromatic rings. The van der Waals surface area contributed by atoms with Gasteiger partial charge in [0.2, 0.25) is 0 Å². The van der Waals surface area contributed by atoms with Crippen LogP contribution in [0.15, 0.2) is 36.4 Å². The Labute approximate surface area is 156 Å². The second-order valence-corrected chi connectivity index (χ2v) is 5.91. The first kappa shape index (κ1) is 20.3. The van der Waals surface area contributed by atoms with Crippen LogP contribution in [0.3, 0.4) is 0 Å². The third-order valence-corrected chi connectivity index (χ3v) is 3.58. The van der Waals surface area contributed by atoms with Gasteiger partial charge in [0, 0.05) is 5.56 Å². The lowest BCUT2D eigenvalue weighted by molar-refractivity contribution is -0.137. The van der Waals surface area contributed by atoms with Gasteiger partial charge in [-0.1, -0.05) is 6.07 Å². The lowest BCUT2D eigenvalue weighted by Crippen LogP contribution is -2.34. The molecule has 2 aromatic carbocycles. The minimum Gasteiger partial charge on any atom is -0.506 e. The summed E-state index contributed by atoms with van der Waals surface area (Å²) >= 11 is 4.89. The van der Waals surface area contributed by atoms with Crippen LogP contribution < -0.4 is 10.6 Å². The van der Waals surface area contributed by atoms with E-state index in [2.05, 4.69) is 10.6 Å². The number of benzene rings is 2. The van der Waals surface area contributed by atoms with Gasteiger partial charge in [0.25, 0.3) is 5.91 Å². The monoisotopic (exact) mass is 400 g/mol. The van der Waals surface area contributed by atoms with Crippen LogP contribution in [0.5, 0.6) is 5.75 Å². The Morgan fingerprint density at radius 1 is 1.07 bits per heavy atom. The van der Waals surface area contributed by atoms with E-state index in [0.717, 1.165) is 5.56 Å². The fraction of sp³-hybridized carbons (Fsp3) is 0.118. The summed E-state index contributed by atoms with van der Waals surface area (Å²) in [6.45, 7) is 1.74. The molecule has 0 unspecified atom stereocenters. The van der Waals surface area contributed by atoms with Crippen molar-refractivity contribution in [2.75, 3.05) is 5.32 Å². The fourth-order valence-electron chi connectivity index (χ4n) is 2.11. The standard InChI is InChI=1S/C17H12F4N2O3S/c1-8-2-3-13(24)12(4-8)22-16(27)23-15(26)10-5-9(14(18)25)6-11(7-10)17(19,20)21/h2-7,24H,1H3,(H2,22,23,26,27). The molecule has 0 fully saturated rings. The highest BCUT2D eigenvalue weighted by Crippen LogP contribution is 2.31. The molecule has 0 bridgehead atoms. The topological polar surface area (TPSA) is 78.4 Å². The maximum Gasteiger partial charge on any atom is 0.416 e. The van der Waals surface area contributed by atoms with Crippen molar-refractivity contribution in [1.82, 2.24) is 5.32 Å². The van der Waals surface area contributed by atoms with Gasteiger partial charge in [-0.25, -0.2) is 0 Å². The first-order valence-electron chi connectivity index (χ1n) is 7.31. The summed E-state index contributed by atoms with van der Waals surface area (Å²) in [5.41, 5.74) is -1.93. The summed E-state index contributed by atoms with van der Waals surface area (Å²) in [4.78, 5) is 22.9. The third-order valence-electron chi connectivity index (χ3n) is 3.38. The van der Waals surface area contributed by atoms with Gasteiger partial charge < -0.3 is 10.4 Å². The second-order valence-electron chi connectivity index (χ2n) is 5.50. The molecule has 1 amide bonds. The van der Waals surface area contributed by atoms with E-state index in [9.17, 15) is 32.3 Å². The van der Waals surface area contributed by atoms with Crippen molar-refractivity contribution in [2.24, 2.45) is 0 Å². The van der Waals surface area contributed by atoms with Crippen molar-refractivity contribution in [2.45, 2.75) is 13.1 Å². The Morgan fingerprint density at radius 2 is 1.70 bits per heavy atom. The lowest BCUT2D eigenvalue weighted by Gasteiger charge is -2.13. The fourth-order valence-corrected chi connectivity index (χ4v) is 2.32. The molecule has 0 heterocycles. The maximum atomic E-state index is 12.9. The average Bonchev–Trinajstić information content (AvgIpc) is 2.56. The van der Waals surface area contributed by atoms with Crippen molar-refractivity contribution in [3.8, 4) is 5.75 Å². The molecule has 5 nitrogen and oxygen atoms in total. The quantitative estimate of drug-likeness (QED) is 0.315. The van der Waals surface area contributed by atoms with Gasteiger partial charge in [-0.05, 0) is 55.0 Å². The first-order valence-corrected chi connectivity index (χ1v) is 7.72. The number of hydrogen-bond acceptors (Lipinski definition) is 4. The number of phenolic OH excluding ortho intramolecular Hbond substituents is 1. The number of carbonyl (C=O) groups excluding carboxylic acids is 2. The Bertz CT molecular complexity index is 929. The van der Waals surface area contributed by atoms with Crippen molar-refractivity contribution in [1.29, 1.82) is 0 Å². The number of amides is 1. The summed E-state index contributed by atoms with van der Waals surface area (Å²) < 4.78 is 51.5. The molecule has 0 spiro atoms. The van der Waals surface area contributed by atoms with Crippen molar-refractivity contribution >= 4 is 35.0 Å². The van der Waals surface area contributed by atoms with Gasteiger partial charge in [-0.15, -0.1) is 0 Å². The largest absolute Gasteiger partial charge is 0.506 e. The Morgan fingerprint density at radius 3 is 2.30 bits per heavy atom. The number of rotatable bonds is 3. The highest BCUT2D eigenvalue weighted by atomic mass is 32.1. The molecule has 142 valence electrons. The van der Waals surface area contributed by atoms with Gasteiger partial charge in [0.1, 0.15) is 5.75 Å². The molecule has 0 radical (unpaired) electrons. The second kappa shape index (κ2) is 7.70. The van der Waals surface area contributed by atoms with Crippen LogP contribution in [0, 0.1) is 6.92 Å². The molecule has 0 atom stereocenters. The molecule has 10 heteroatoms. The number of phenols is 1. The molecular weight excluding hydrogens is 388 g/mol. The van der Waals surface area contributed by atoms with Crippen LogP contribution in [0.1, 0.15) is 31.8 Å². The highest BCUT2D eigenvalue weighted by molar-refractivity contribution is 7.80. The predicted molar refractivity (Wildman–Crippen MR) is 93.4 cm³/mol. The molecule has 0 saturated carbocycles. The molecule has 2 rings (SSSR count). The van der Waals surface area contributed by atoms with Crippen LogP contribution in [0.2, 0.25) is 0 Å². The van der Waals surface area contributed by atoms with Crippen LogP contribution in [0.4, 0.5) is 23.2 Å². The van der Waals surface area contributed by atoms with Crippen LogP contribution in [-0.2, 0) is 6.18 Å². The van der Waals surface area contributed by atoms with Gasteiger partial charge in [0.15, 0.2) is 5.11 Å². The number of carbonyl (C=O) groups is 2. The van der Waals surface area contributed by atoms with E-state index in [1.54, 1.807) is 13.0 Å². The Hall–Kier alpha value is -3.01. The molecule has 0 aliphatic heterocycles. The van der Waals surface area contributed by atoms with E-state index in [1.165, 1.54) is 12.1 Å². The van der Waals surface area contributed by atoms with E-state index in [-0.39, 0.29) is 16.5 Å². The summed E-state index contributed by atoms with van der Waals surface area (Å²) in [5, 5.41) is 14.0. The number of anilines is 1.